The van der Waals surface area contributed by atoms with Crippen LogP contribution in [0, 0.1) is 0 Å². The molecule has 0 fully saturated rings. The van der Waals surface area contributed by atoms with Crippen molar-refractivity contribution in [2.45, 2.75) is 25.4 Å². The van der Waals surface area contributed by atoms with Gasteiger partial charge in [0.25, 0.3) is 0 Å². The molecule has 2 aromatic rings. The first-order valence-corrected chi connectivity index (χ1v) is 7.99. The number of quaternary nitrogens is 1. The van der Waals surface area contributed by atoms with Crippen LogP contribution in [0.3, 0.4) is 0 Å². The molecule has 0 saturated heterocycles. The van der Waals surface area contributed by atoms with Gasteiger partial charge in [-0.1, -0.05) is 41.9 Å². The molecular formula is C18H19ClN2O3. The van der Waals surface area contributed by atoms with Crippen LogP contribution in [-0.4, -0.2) is 17.9 Å². The zero-order valence-electron chi connectivity index (χ0n) is 13.2. The lowest BCUT2D eigenvalue weighted by molar-refractivity contribution is -0.717. The van der Waals surface area contributed by atoms with Crippen molar-refractivity contribution in [3.8, 4) is 0 Å². The smallest absolute Gasteiger partial charge is 0.230 e. The summed E-state index contributed by atoms with van der Waals surface area (Å²) in [6.45, 7) is 1.89. The highest BCUT2D eigenvalue weighted by molar-refractivity contribution is 6.30. The van der Waals surface area contributed by atoms with E-state index in [0.717, 1.165) is 5.56 Å². The highest BCUT2D eigenvalue weighted by atomic mass is 35.5. The summed E-state index contributed by atoms with van der Waals surface area (Å²) in [5.74, 6) is -1.65. The van der Waals surface area contributed by atoms with Gasteiger partial charge in [-0.05, 0) is 31.2 Å². The van der Waals surface area contributed by atoms with E-state index in [4.69, 9.17) is 11.6 Å². The van der Waals surface area contributed by atoms with Crippen molar-refractivity contribution in [2.75, 3.05) is 5.32 Å². The maximum absolute atomic E-state index is 12.1. The first-order chi connectivity index (χ1) is 11.5. The molecule has 24 heavy (non-hydrogen) atoms. The van der Waals surface area contributed by atoms with Gasteiger partial charge in [0.2, 0.25) is 5.91 Å². The first-order valence-electron chi connectivity index (χ1n) is 7.62. The monoisotopic (exact) mass is 346 g/mol. The topological polar surface area (TPSA) is 85.8 Å². The van der Waals surface area contributed by atoms with E-state index in [0.29, 0.717) is 10.7 Å². The Morgan fingerprint density at radius 3 is 2.33 bits per heavy atom. The Kier molecular flexibility index (Phi) is 6.35. The molecule has 0 aliphatic carbocycles. The van der Waals surface area contributed by atoms with Gasteiger partial charge in [0.15, 0.2) is 0 Å². The van der Waals surface area contributed by atoms with Crippen molar-refractivity contribution >= 4 is 29.2 Å². The predicted molar refractivity (Wildman–Crippen MR) is 90.3 cm³/mol. The molecule has 0 aliphatic heterocycles. The van der Waals surface area contributed by atoms with Gasteiger partial charge in [0.05, 0.1) is 12.4 Å². The lowest BCUT2D eigenvalue weighted by Crippen LogP contribution is -2.93. The second-order valence-electron chi connectivity index (χ2n) is 5.58. The summed E-state index contributed by atoms with van der Waals surface area (Å²) in [6, 6.07) is 15.1. The molecule has 2 atom stereocenters. The molecule has 126 valence electrons. The molecule has 0 aromatic heterocycles. The molecule has 0 radical (unpaired) electrons. The molecule has 0 spiro atoms. The van der Waals surface area contributed by atoms with Gasteiger partial charge in [-0.15, -0.1) is 0 Å². The summed E-state index contributed by atoms with van der Waals surface area (Å²) < 4.78 is 0. The van der Waals surface area contributed by atoms with Gasteiger partial charge < -0.3 is 20.5 Å². The second kappa shape index (κ2) is 8.47. The molecule has 0 heterocycles. The van der Waals surface area contributed by atoms with E-state index < -0.39 is 12.0 Å². The van der Waals surface area contributed by atoms with Crippen LogP contribution in [0.4, 0.5) is 5.69 Å². The van der Waals surface area contributed by atoms with Crippen molar-refractivity contribution in [2.24, 2.45) is 0 Å². The van der Waals surface area contributed by atoms with Crippen LogP contribution in [0.15, 0.2) is 54.6 Å². The molecule has 0 unspecified atom stereocenters. The Morgan fingerprint density at radius 2 is 1.75 bits per heavy atom. The molecule has 2 rings (SSSR count). The maximum atomic E-state index is 12.1. The summed E-state index contributed by atoms with van der Waals surface area (Å²) >= 11 is 5.79. The van der Waals surface area contributed by atoms with E-state index in [2.05, 4.69) is 5.32 Å². The summed E-state index contributed by atoms with van der Waals surface area (Å²) in [7, 11) is 0. The normalized spacial score (nSPS) is 13.1. The van der Waals surface area contributed by atoms with Crippen LogP contribution >= 0.6 is 11.6 Å². The average molecular weight is 347 g/mol. The molecular weight excluding hydrogens is 328 g/mol. The quantitative estimate of drug-likeness (QED) is 0.787. The number of nitrogens with one attached hydrogen (secondary N) is 1. The van der Waals surface area contributed by atoms with Crippen LogP contribution in [0.2, 0.25) is 5.02 Å². The van der Waals surface area contributed by atoms with Gasteiger partial charge in [0.1, 0.15) is 12.1 Å². The number of rotatable bonds is 7. The Bertz CT molecular complexity index is 689. The fourth-order valence-electron chi connectivity index (χ4n) is 2.39. The third-order valence-electron chi connectivity index (χ3n) is 3.68. The summed E-state index contributed by atoms with van der Waals surface area (Å²) in [4.78, 5) is 23.4. The zero-order valence-corrected chi connectivity index (χ0v) is 14.0. The number of nitrogens with two attached hydrogens (primary N) is 1. The van der Waals surface area contributed by atoms with Crippen LogP contribution < -0.4 is 15.7 Å². The third-order valence-corrected chi connectivity index (χ3v) is 3.93. The van der Waals surface area contributed by atoms with Gasteiger partial charge >= 0.3 is 0 Å². The van der Waals surface area contributed by atoms with E-state index in [1.807, 2.05) is 37.3 Å². The standard InChI is InChI=1S/C18H19ClN2O3/c1-12(13-5-3-2-4-6-13)20-16(18(23)24)11-17(22)21-15-9-7-14(19)8-10-15/h2-10,12,16,20H,11H2,1H3,(H,21,22)(H,23,24)/t12-,16+/m0/s1. The third kappa shape index (κ3) is 5.37. The van der Waals surface area contributed by atoms with Crippen molar-refractivity contribution in [1.29, 1.82) is 0 Å². The van der Waals surface area contributed by atoms with Crippen molar-refractivity contribution in [3.63, 3.8) is 0 Å². The number of hydrogen-bond acceptors (Lipinski definition) is 3. The van der Waals surface area contributed by atoms with Crippen molar-refractivity contribution in [3.05, 3.63) is 65.2 Å². The molecule has 6 heteroatoms. The zero-order chi connectivity index (χ0) is 17.5. The lowest BCUT2D eigenvalue weighted by Gasteiger charge is -2.21. The van der Waals surface area contributed by atoms with E-state index in [1.165, 1.54) is 0 Å². The van der Waals surface area contributed by atoms with Crippen LogP contribution in [0.5, 0.6) is 0 Å². The SMILES string of the molecule is C[C@H]([NH2+][C@H](CC(=O)Nc1ccc(Cl)cc1)C(=O)[O-])c1ccccc1. The number of amides is 1. The number of carboxylic acids is 1. The van der Waals surface area contributed by atoms with E-state index in [9.17, 15) is 14.7 Å². The van der Waals surface area contributed by atoms with E-state index in [1.54, 1.807) is 29.6 Å². The van der Waals surface area contributed by atoms with Crippen LogP contribution in [-0.2, 0) is 9.59 Å². The van der Waals surface area contributed by atoms with E-state index >= 15 is 0 Å². The Labute approximate surface area is 145 Å². The average Bonchev–Trinajstić information content (AvgIpc) is 2.57. The molecule has 5 nitrogen and oxygen atoms in total. The summed E-state index contributed by atoms with van der Waals surface area (Å²) in [5.41, 5.74) is 1.56. The number of anilines is 1. The highest BCUT2D eigenvalue weighted by Gasteiger charge is 2.22. The minimum Gasteiger partial charge on any atom is -0.544 e. The van der Waals surface area contributed by atoms with Crippen LogP contribution in [0.1, 0.15) is 24.9 Å². The number of hydrogen-bond donors (Lipinski definition) is 2. The van der Waals surface area contributed by atoms with Gasteiger partial charge in [-0.2, -0.15) is 0 Å². The Morgan fingerprint density at radius 1 is 1.12 bits per heavy atom. The number of carbonyl (C=O) groups is 2. The second-order valence-corrected chi connectivity index (χ2v) is 6.01. The van der Waals surface area contributed by atoms with Crippen LogP contribution in [0.25, 0.3) is 0 Å². The number of halogens is 1. The van der Waals surface area contributed by atoms with Crippen molar-refractivity contribution in [1.82, 2.24) is 0 Å². The number of carbonyl (C=O) groups excluding carboxylic acids is 2. The fraction of sp³-hybridized carbons (Fsp3) is 0.222. The number of benzene rings is 2. The Hall–Kier alpha value is -2.37. The van der Waals surface area contributed by atoms with Gasteiger partial charge in [0, 0.05) is 16.3 Å². The molecule has 3 N–H and O–H groups in total. The van der Waals surface area contributed by atoms with E-state index in [-0.39, 0.29) is 18.4 Å². The summed E-state index contributed by atoms with van der Waals surface area (Å²) in [5, 5.41) is 16.2. The minimum atomic E-state index is -1.26. The largest absolute Gasteiger partial charge is 0.544 e. The lowest BCUT2D eigenvalue weighted by atomic mass is 10.1. The molecule has 0 bridgehead atoms. The number of aliphatic carboxylic acids is 1. The minimum absolute atomic E-state index is 0.0996. The molecule has 2 aromatic carbocycles. The fourth-order valence-corrected chi connectivity index (χ4v) is 2.52. The number of carboxylic acid groups (broad SMARTS) is 1. The molecule has 1 amide bonds. The molecule has 0 saturated carbocycles. The summed E-state index contributed by atoms with van der Waals surface area (Å²) in [6.07, 6.45) is -0.178. The Balaban J connectivity index is 1.96. The predicted octanol–water partition coefficient (Wildman–Crippen LogP) is 1.11. The highest BCUT2D eigenvalue weighted by Crippen LogP contribution is 2.13. The van der Waals surface area contributed by atoms with Crippen molar-refractivity contribution < 1.29 is 20.0 Å². The van der Waals surface area contributed by atoms with Gasteiger partial charge in [-0.25, -0.2) is 0 Å². The first kappa shape index (κ1) is 18.0. The van der Waals surface area contributed by atoms with Gasteiger partial charge in [-0.3, -0.25) is 4.79 Å². The molecule has 0 aliphatic rings. The maximum Gasteiger partial charge on any atom is 0.230 e.